The summed E-state index contributed by atoms with van der Waals surface area (Å²) in [6.07, 6.45) is 1.12. The molecular formula is C20H18FN4O2S+. The number of aromatic amines is 1. The normalized spacial score (nSPS) is 15.1. The Hall–Kier alpha value is -3.00. The molecule has 0 saturated heterocycles. The molecule has 28 heavy (non-hydrogen) atoms. The number of hydrogen-bond acceptors (Lipinski definition) is 4. The third kappa shape index (κ3) is 2.80. The fraction of sp³-hybridized carbons (Fsp3) is 0.200. The summed E-state index contributed by atoms with van der Waals surface area (Å²) < 4.78 is 16.3. The molecule has 2 aromatic carbocycles. The van der Waals surface area contributed by atoms with E-state index in [1.54, 1.807) is 55.6 Å². The monoisotopic (exact) mass is 397 g/mol. The molecule has 0 bridgehead atoms. The Morgan fingerprint density at radius 1 is 1.25 bits per heavy atom. The smallest absolute Gasteiger partial charge is 0.291 e. The van der Waals surface area contributed by atoms with Gasteiger partial charge in [-0.15, -0.1) is 0 Å². The minimum Gasteiger partial charge on any atom is -0.291 e. The summed E-state index contributed by atoms with van der Waals surface area (Å²) in [5.74, 6) is -0.654. The van der Waals surface area contributed by atoms with Crippen LogP contribution in [-0.4, -0.2) is 22.2 Å². The average Bonchev–Trinajstić information content (AvgIpc) is 2.72. The molecule has 2 heterocycles. The predicted octanol–water partition coefficient (Wildman–Crippen LogP) is 2.89. The summed E-state index contributed by atoms with van der Waals surface area (Å²) in [5.41, 5.74) is 1.37. The van der Waals surface area contributed by atoms with Crippen LogP contribution in [0.5, 0.6) is 0 Å². The van der Waals surface area contributed by atoms with Crippen LogP contribution in [-0.2, 0) is 4.79 Å². The molecule has 1 atom stereocenters. The van der Waals surface area contributed by atoms with Crippen LogP contribution in [0.2, 0.25) is 0 Å². The van der Waals surface area contributed by atoms with Crippen molar-refractivity contribution in [3.05, 3.63) is 70.3 Å². The van der Waals surface area contributed by atoms with E-state index in [1.807, 2.05) is 0 Å². The van der Waals surface area contributed by atoms with Gasteiger partial charge in [0.2, 0.25) is 11.1 Å². The molecule has 1 unspecified atom stereocenters. The van der Waals surface area contributed by atoms with Gasteiger partial charge in [-0.1, -0.05) is 43.0 Å². The number of rotatable bonds is 3. The van der Waals surface area contributed by atoms with Gasteiger partial charge in [0.15, 0.2) is 0 Å². The zero-order valence-electron chi connectivity index (χ0n) is 15.3. The van der Waals surface area contributed by atoms with E-state index in [2.05, 4.69) is 10.1 Å². The number of carbonyl (C=O) groups is 1. The summed E-state index contributed by atoms with van der Waals surface area (Å²) in [5, 5.41) is 4.91. The molecule has 4 rings (SSSR count). The first-order chi connectivity index (χ1) is 13.6. The van der Waals surface area contributed by atoms with Gasteiger partial charge < -0.3 is 0 Å². The lowest BCUT2D eigenvalue weighted by molar-refractivity contribution is -0.763. The van der Waals surface area contributed by atoms with Crippen LogP contribution in [0.3, 0.4) is 0 Å². The van der Waals surface area contributed by atoms with E-state index in [-0.39, 0.29) is 23.5 Å². The molecule has 6 nitrogen and oxygen atoms in total. The van der Waals surface area contributed by atoms with Crippen molar-refractivity contribution in [3.63, 3.8) is 0 Å². The maximum atomic E-state index is 14.8. The Bertz CT molecular complexity index is 1130. The molecule has 8 heteroatoms. The summed E-state index contributed by atoms with van der Waals surface area (Å²) in [6.45, 7) is 1.75. The number of para-hydroxylation sites is 1. The van der Waals surface area contributed by atoms with Crippen LogP contribution in [0.15, 0.2) is 58.5 Å². The third-order valence-electron chi connectivity index (χ3n) is 4.71. The highest BCUT2D eigenvalue weighted by molar-refractivity contribution is 7.98. The minimum atomic E-state index is -0.897. The molecule has 1 aromatic heterocycles. The fourth-order valence-corrected chi connectivity index (χ4v) is 3.83. The molecule has 0 saturated carbocycles. The standard InChI is InChI=1S/C20H17FN4O2S/c1-3-16(26)24-15-11-7-5-9-13(15)17-18(27)22-20(28-2)23-25(17)19(24)12-8-4-6-10-14(12)21/h4-11,19H,3H2,1-2H3/p+1. The second kappa shape index (κ2) is 7.20. The van der Waals surface area contributed by atoms with E-state index in [0.29, 0.717) is 22.1 Å². The lowest BCUT2D eigenvalue weighted by Crippen LogP contribution is -2.61. The van der Waals surface area contributed by atoms with Crippen molar-refractivity contribution < 1.29 is 13.9 Å². The highest BCUT2D eigenvalue weighted by atomic mass is 32.2. The van der Waals surface area contributed by atoms with Crippen LogP contribution in [0.25, 0.3) is 11.3 Å². The highest BCUT2D eigenvalue weighted by Crippen LogP contribution is 2.38. The Kier molecular flexibility index (Phi) is 4.72. The molecule has 0 fully saturated rings. The summed E-state index contributed by atoms with van der Waals surface area (Å²) >= 11 is 1.27. The maximum absolute atomic E-state index is 14.8. The lowest BCUT2D eigenvalue weighted by Gasteiger charge is -2.32. The summed E-state index contributed by atoms with van der Waals surface area (Å²) in [6, 6.07) is 13.4. The number of nitrogens with one attached hydrogen (secondary N) is 1. The van der Waals surface area contributed by atoms with Crippen LogP contribution < -0.4 is 15.1 Å². The molecule has 0 radical (unpaired) electrons. The number of carbonyl (C=O) groups excluding carboxylic acids is 1. The van der Waals surface area contributed by atoms with Gasteiger partial charge in [0, 0.05) is 11.5 Å². The summed E-state index contributed by atoms with van der Waals surface area (Å²) in [7, 11) is 0. The quantitative estimate of drug-likeness (QED) is 0.545. The zero-order valence-corrected chi connectivity index (χ0v) is 16.2. The van der Waals surface area contributed by atoms with E-state index >= 15 is 0 Å². The van der Waals surface area contributed by atoms with Gasteiger partial charge in [-0.3, -0.25) is 14.6 Å². The van der Waals surface area contributed by atoms with Gasteiger partial charge in [-0.2, -0.15) is 0 Å². The van der Waals surface area contributed by atoms with Gasteiger partial charge in [-0.05, 0) is 35.2 Å². The van der Waals surface area contributed by atoms with Gasteiger partial charge in [0.1, 0.15) is 5.82 Å². The first-order valence-corrected chi connectivity index (χ1v) is 10.0. The topological polar surface area (TPSA) is 69.9 Å². The van der Waals surface area contributed by atoms with Gasteiger partial charge in [-0.25, -0.2) is 9.29 Å². The van der Waals surface area contributed by atoms with E-state index in [0.717, 1.165) is 0 Å². The minimum absolute atomic E-state index is 0.188. The van der Waals surface area contributed by atoms with Crippen LogP contribution >= 0.6 is 11.8 Å². The number of aromatic nitrogens is 3. The molecule has 142 valence electrons. The number of halogens is 1. The van der Waals surface area contributed by atoms with Crippen LogP contribution in [0.4, 0.5) is 10.1 Å². The number of fused-ring (bicyclic) bond motifs is 3. The van der Waals surface area contributed by atoms with Crippen molar-refractivity contribution >= 4 is 23.4 Å². The largest absolute Gasteiger partial charge is 0.325 e. The van der Waals surface area contributed by atoms with Crippen LogP contribution in [0.1, 0.15) is 25.1 Å². The molecule has 1 amide bonds. The summed E-state index contributed by atoms with van der Waals surface area (Å²) in [4.78, 5) is 30.1. The Balaban J connectivity index is 2.12. The van der Waals surface area contributed by atoms with Crippen molar-refractivity contribution in [2.75, 3.05) is 11.2 Å². The number of thioether (sulfide) groups is 1. The van der Waals surface area contributed by atoms with Crippen molar-refractivity contribution in [2.24, 2.45) is 0 Å². The number of nitrogens with zero attached hydrogens (tertiary/aromatic N) is 3. The third-order valence-corrected chi connectivity index (χ3v) is 5.28. The second-order valence-electron chi connectivity index (χ2n) is 6.29. The number of benzene rings is 2. The number of anilines is 1. The van der Waals surface area contributed by atoms with Crippen molar-refractivity contribution in [2.45, 2.75) is 24.7 Å². The van der Waals surface area contributed by atoms with E-state index in [1.165, 1.54) is 27.4 Å². The zero-order chi connectivity index (χ0) is 19.8. The van der Waals surface area contributed by atoms with Crippen molar-refractivity contribution in [1.29, 1.82) is 0 Å². The molecule has 0 aliphatic carbocycles. The highest BCUT2D eigenvalue weighted by Gasteiger charge is 2.46. The van der Waals surface area contributed by atoms with Gasteiger partial charge in [0.25, 0.3) is 6.17 Å². The van der Waals surface area contributed by atoms with E-state index in [4.69, 9.17) is 0 Å². The molecular weight excluding hydrogens is 379 g/mol. The molecule has 0 spiro atoms. The first-order valence-electron chi connectivity index (χ1n) is 8.82. The molecule has 1 aliphatic heterocycles. The number of hydrogen-bond donors (Lipinski definition) is 1. The maximum Gasteiger partial charge on any atom is 0.325 e. The number of H-pyrrole nitrogens is 1. The SMILES string of the molecule is CCC(=O)N1c2ccccc2-c2c(=O)[nH]c(SC)n[n+]2C1c1ccccc1F. The Labute approximate surface area is 165 Å². The molecule has 1 aliphatic rings. The first kappa shape index (κ1) is 18.4. The molecule has 3 aromatic rings. The average molecular weight is 397 g/mol. The number of amides is 1. The van der Waals surface area contributed by atoms with E-state index < -0.39 is 12.0 Å². The van der Waals surface area contributed by atoms with Gasteiger partial charge in [0.05, 0.1) is 16.8 Å². The second-order valence-corrected chi connectivity index (χ2v) is 7.08. The van der Waals surface area contributed by atoms with Crippen molar-refractivity contribution in [1.82, 2.24) is 10.1 Å². The predicted molar refractivity (Wildman–Crippen MR) is 105 cm³/mol. The van der Waals surface area contributed by atoms with Gasteiger partial charge >= 0.3 is 11.3 Å². The van der Waals surface area contributed by atoms with Crippen molar-refractivity contribution in [3.8, 4) is 11.3 Å². The lowest BCUT2D eigenvalue weighted by atomic mass is 10.0. The fourth-order valence-electron chi connectivity index (χ4n) is 3.47. The van der Waals surface area contributed by atoms with Crippen LogP contribution in [0, 0.1) is 5.82 Å². The molecule has 1 N–H and O–H groups in total. The Morgan fingerprint density at radius 3 is 2.68 bits per heavy atom. The Morgan fingerprint density at radius 2 is 1.96 bits per heavy atom. The van der Waals surface area contributed by atoms with E-state index in [9.17, 15) is 14.0 Å².